The van der Waals surface area contributed by atoms with Crippen molar-refractivity contribution in [1.82, 2.24) is 0 Å². The molecule has 1 amide bonds. The Morgan fingerprint density at radius 1 is 1.54 bits per heavy atom. The maximum atomic E-state index is 11.0. The summed E-state index contributed by atoms with van der Waals surface area (Å²) in [6.07, 6.45) is 0. The Bertz CT molecular complexity index is 380. The number of nitrogens with zero attached hydrogens (tertiary/aromatic N) is 3. The molecule has 0 N–H and O–H groups in total. The predicted octanol–water partition coefficient (Wildman–Crippen LogP) is 3.55. The average molecular weight is 260 g/mol. The molecule has 0 saturated carbocycles. The van der Waals surface area contributed by atoms with Crippen LogP contribution in [0, 0.1) is 0 Å². The second-order valence-electron chi connectivity index (χ2n) is 2.15. The fourth-order valence-electron chi connectivity index (χ4n) is 0.776. The Hall–Kier alpha value is -1.03. The maximum absolute atomic E-state index is 11.0. The molecule has 4 nitrogen and oxygen atoms in total. The summed E-state index contributed by atoms with van der Waals surface area (Å²) in [7, 11) is 0. The van der Waals surface area contributed by atoms with Crippen molar-refractivity contribution in [2.75, 3.05) is 0 Å². The zero-order valence-electron chi connectivity index (χ0n) is 6.24. The molecule has 6 heteroatoms. The van der Waals surface area contributed by atoms with E-state index < -0.39 is 5.91 Å². The molecule has 0 aliphatic heterocycles. The van der Waals surface area contributed by atoms with Gasteiger partial charge >= 0.3 is 0 Å². The molecule has 1 aromatic rings. The van der Waals surface area contributed by atoms with Crippen LogP contribution < -0.4 is 0 Å². The number of carbonyl (C=O) groups is 1. The van der Waals surface area contributed by atoms with Crippen LogP contribution >= 0.6 is 27.5 Å². The summed E-state index contributed by atoms with van der Waals surface area (Å²) in [4.78, 5) is 13.4. The second kappa shape index (κ2) is 4.28. The number of azide groups is 1. The first-order valence-electron chi connectivity index (χ1n) is 3.19. The fourth-order valence-corrected chi connectivity index (χ4v) is 1.64. The smallest absolute Gasteiger partial charge is 0.249 e. The molecular weight excluding hydrogens is 257 g/mol. The minimum absolute atomic E-state index is 0.261. The molecule has 66 valence electrons. The molecule has 0 atom stereocenters. The molecular formula is C7H3BrClN3O. The summed E-state index contributed by atoms with van der Waals surface area (Å²) < 4.78 is 0.663. The maximum Gasteiger partial charge on any atom is 0.249 e. The third kappa shape index (κ3) is 2.73. The van der Waals surface area contributed by atoms with E-state index in [1.165, 1.54) is 12.1 Å². The normalized spacial score (nSPS) is 9.08. The van der Waals surface area contributed by atoms with E-state index in [0.717, 1.165) is 0 Å². The minimum Gasteiger partial charge on any atom is -0.287 e. The van der Waals surface area contributed by atoms with E-state index >= 15 is 0 Å². The number of hydrogen-bond acceptors (Lipinski definition) is 1. The highest BCUT2D eigenvalue weighted by atomic mass is 79.9. The van der Waals surface area contributed by atoms with Crippen LogP contribution in [-0.4, -0.2) is 5.91 Å². The number of carbonyl (C=O) groups excluding carboxylic acids is 1. The van der Waals surface area contributed by atoms with E-state index in [4.69, 9.17) is 17.1 Å². The van der Waals surface area contributed by atoms with Gasteiger partial charge in [-0.15, -0.1) is 0 Å². The Morgan fingerprint density at radius 2 is 2.23 bits per heavy atom. The van der Waals surface area contributed by atoms with Crippen molar-refractivity contribution < 1.29 is 4.79 Å². The monoisotopic (exact) mass is 259 g/mol. The molecule has 0 unspecified atom stereocenters. The van der Waals surface area contributed by atoms with Crippen LogP contribution in [0.25, 0.3) is 10.4 Å². The van der Waals surface area contributed by atoms with Gasteiger partial charge in [0.2, 0.25) is 5.91 Å². The van der Waals surface area contributed by atoms with E-state index in [9.17, 15) is 4.79 Å². The molecule has 0 bridgehead atoms. The zero-order valence-corrected chi connectivity index (χ0v) is 8.58. The Labute approximate surface area is 87.3 Å². The van der Waals surface area contributed by atoms with Gasteiger partial charge in [-0.05, 0) is 28.8 Å². The first-order chi connectivity index (χ1) is 6.13. The van der Waals surface area contributed by atoms with Crippen molar-refractivity contribution in [2.24, 2.45) is 5.11 Å². The van der Waals surface area contributed by atoms with Gasteiger partial charge in [-0.3, -0.25) is 4.79 Å². The average Bonchev–Trinajstić information content (AvgIpc) is 2.03. The number of rotatable bonds is 1. The lowest BCUT2D eigenvalue weighted by molar-refractivity contribution is 0.100. The van der Waals surface area contributed by atoms with Gasteiger partial charge in [0.1, 0.15) is 0 Å². The van der Waals surface area contributed by atoms with Crippen LogP contribution in [0.2, 0.25) is 5.02 Å². The number of halogens is 2. The molecule has 0 aromatic heterocycles. The van der Waals surface area contributed by atoms with Crippen molar-refractivity contribution in [2.45, 2.75) is 0 Å². The predicted molar refractivity (Wildman–Crippen MR) is 52.6 cm³/mol. The first kappa shape index (κ1) is 10.1. The van der Waals surface area contributed by atoms with Gasteiger partial charge in [-0.25, -0.2) is 0 Å². The van der Waals surface area contributed by atoms with Crippen molar-refractivity contribution in [3.63, 3.8) is 0 Å². The Kier molecular flexibility index (Phi) is 3.31. The van der Waals surface area contributed by atoms with Gasteiger partial charge in [0.15, 0.2) is 0 Å². The molecule has 13 heavy (non-hydrogen) atoms. The van der Waals surface area contributed by atoms with Gasteiger partial charge in [-0.1, -0.05) is 27.5 Å². The summed E-state index contributed by atoms with van der Waals surface area (Å²) in [5, 5.41) is 3.35. The van der Waals surface area contributed by atoms with E-state index in [1.807, 2.05) is 0 Å². The highest BCUT2D eigenvalue weighted by Gasteiger charge is 2.04. The fraction of sp³-hybridized carbons (Fsp3) is 0. The number of hydrogen-bond donors (Lipinski definition) is 0. The quantitative estimate of drug-likeness (QED) is 0.432. The summed E-state index contributed by atoms with van der Waals surface area (Å²) in [6.45, 7) is 0. The minimum atomic E-state index is -0.648. The van der Waals surface area contributed by atoms with Gasteiger partial charge < -0.3 is 0 Å². The molecule has 0 saturated heterocycles. The van der Waals surface area contributed by atoms with E-state index in [0.29, 0.717) is 9.50 Å². The van der Waals surface area contributed by atoms with Crippen LogP contribution in [0.5, 0.6) is 0 Å². The van der Waals surface area contributed by atoms with Crippen molar-refractivity contribution in [1.29, 1.82) is 0 Å². The second-order valence-corrected chi connectivity index (χ2v) is 3.50. The van der Waals surface area contributed by atoms with Crippen LogP contribution in [0.15, 0.2) is 27.8 Å². The molecule has 0 fully saturated rings. The van der Waals surface area contributed by atoms with Gasteiger partial charge in [0.25, 0.3) is 0 Å². The third-order valence-electron chi connectivity index (χ3n) is 1.25. The van der Waals surface area contributed by atoms with Crippen LogP contribution in [0.4, 0.5) is 0 Å². The summed E-state index contributed by atoms with van der Waals surface area (Å²) in [6, 6.07) is 4.60. The van der Waals surface area contributed by atoms with Crippen LogP contribution in [0.1, 0.15) is 10.4 Å². The molecule has 1 aromatic carbocycles. The van der Waals surface area contributed by atoms with Gasteiger partial charge in [-0.2, -0.15) is 0 Å². The third-order valence-corrected chi connectivity index (χ3v) is 1.92. The zero-order chi connectivity index (χ0) is 9.84. The lowest BCUT2D eigenvalue weighted by atomic mass is 10.2. The molecule has 0 heterocycles. The summed E-state index contributed by atoms with van der Waals surface area (Å²) in [5.41, 5.74) is 8.29. The van der Waals surface area contributed by atoms with E-state index in [1.54, 1.807) is 6.07 Å². The largest absolute Gasteiger partial charge is 0.287 e. The van der Waals surface area contributed by atoms with Crippen molar-refractivity contribution in [3.05, 3.63) is 43.7 Å². The van der Waals surface area contributed by atoms with Gasteiger partial charge in [0, 0.05) is 20.0 Å². The number of amides is 1. The van der Waals surface area contributed by atoms with Gasteiger partial charge in [0.05, 0.1) is 0 Å². The molecule has 0 aliphatic carbocycles. The standard InChI is InChI=1S/C7H3BrClN3O/c8-5-1-4(2-6(9)3-5)7(13)11-12-10/h1-3H. The highest BCUT2D eigenvalue weighted by Crippen LogP contribution is 2.20. The van der Waals surface area contributed by atoms with E-state index in [2.05, 4.69) is 26.0 Å². The van der Waals surface area contributed by atoms with Crippen LogP contribution in [-0.2, 0) is 0 Å². The first-order valence-corrected chi connectivity index (χ1v) is 4.36. The Morgan fingerprint density at radius 3 is 2.77 bits per heavy atom. The molecule has 0 spiro atoms. The SMILES string of the molecule is [N-]=[N+]=NC(=O)c1cc(Cl)cc(Br)c1. The lowest BCUT2D eigenvalue weighted by Crippen LogP contribution is -1.92. The molecule has 0 radical (unpaired) electrons. The number of benzene rings is 1. The van der Waals surface area contributed by atoms with Crippen LogP contribution in [0.3, 0.4) is 0 Å². The highest BCUT2D eigenvalue weighted by molar-refractivity contribution is 9.10. The van der Waals surface area contributed by atoms with Crippen molar-refractivity contribution >= 4 is 33.4 Å². The molecule has 1 rings (SSSR count). The topological polar surface area (TPSA) is 65.8 Å². The Balaban J connectivity index is 3.15. The molecule has 0 aliphatic rings. The lowest BCUT2D eigenvalue weighted by Gasteiger charge is -1.97. The van der Waals surface area contributed by atoms with E-state index in [-0.39, 0.29) is 5.56 Å². The summed E-state index contributed by atoms with van der Waals surface area (Å²) >= 11 is 8.84. The summed E-state index contributed by atoms with van der Waals surface area (Å²) in [5.74, 6) is -0.648. The van der Waals surface area contributed by atoms with Crippen molar-refractivity contribution in [3.8, 4) is 0 Å².